The van der Waals surface area contributed by atoms with Gasteiger partial charge in [0.25, 0.3) is 5.88 Å². The molecule has 13 heavy (non-hydrogen) atoms. The highest BCUT2D eigenvalue weighted by Crippen LogP contribution is 2.22. The van der Waals surface area contributed by atoms with Crippen LogP contribution >= 0.6 is 0 Å². The Kier molecular flexibility index (Phi) is 3.41. The zero-order valence-electron chi connectivity index (χ0n) is 6.13. The van der Waals surface area contributed by atoms with Crippen molar-refractivity contribution in [1.29, 1.82) is 0 Å². The number of ether oxygens (including phenoxy) is 1. The van der Waals surface area contributed by atoms with E-state index in [9.17, 15) is 4.79 Å². The molecule has 0 aliphatic rings. The lowest BCUT2D eigenvalue weighted by Gasteiger charge is -1.99. The Morgan fingerprint density at radius 1 is 1.46 bits per heavy atom. The molecule has 0 bridgehead atoms. The van der Waals surface area contributed by atoms with Gasteiger partial charge in [-0.05, 0) is 0 Å². The molecule has 8 heteroatoms. The van der Waals surface area contributed by atoms with E-state index < -0.39 is 23.8 Å². The Balaban J connectivity index is 0.00000144. The van der Waals surface area contributed by atoms with Crippen molar-refractivity contribution in [3.63, 3.8) is 0 Å². The van der Waals surface area contributed by atoms with Gasteiger partial charge in [-0.25, -0.2) is 4.79 Å². The SMILES string of the molecule is O.O=C(O)Oc1cnc(O)nc1O. The molecular weight excluding hydrogens is 184 g/mol. The monoisotopic (exact) mass is 190 g/mol. The van der Waals surface area contributed by atoms with Gasteiger partial charge in [-0.2, -0.15) is 9.97 Å². The third-order valence-electron chi connectivity index (χ3n) is 0.921. The molecule has 0 saturated heterocycles. The van der Waals surface area contributed by atoms with E-state index >= 15 is 0 Å². The van der Waals surface area contributed by atoms with Gasteiger partial charge < -0.3 is 25.5 Å². The molecule has 0 atom stereocenters. The largest absolute Gasteiger partial charge is 0.511 e. The van der Waals surface area contributed by atoms with Crippen LogP contribution in [0.5, 0.6) is 17.6 Å². The average Bonchev–Trinajstić information content (AvgIpc) is 1.94. The zero-order chi connectivity index (χ0) is 9.14. The maximum Gasteiger partial charge on any atom is 0.511 e. The summed E-state index contributed by atoms with van der Waals surface area (Å²) < 4.78 is 4.03. The predicted molar refractivity (Wildman–Crippen MR) is 37.6 cm³/mol. The van der Waals surface area contributed by atoms with Crippen molar-refractivity contribution < 1.29 is 30.3 Å². The normalized spacial score (nSPS) is 8.62. The molecule has 1 aromatic heterocycles. The number of rotatable bonds is 1. The summed E-state index contributed by atoms with van der Waals surface area (Å²) in [5.74, 6) is -1.16. The Morgan fingerprint density at radius 3 is 2.54 bits per heavy atom. The second kappa shape index (κ2) is 4.07. The van der Waals surface area contributed by atoms with Crippen LogP contribution < -0.4 is 4.74 Å². The van der Waals surface area contributed by atoms with Gasteiger partial charge in [-0.3, -0.25) is 0 Å². The molecular formula is C5H6N2O6. The van der Waals surface area contributed by atoms with Crippen LogP contribution in [0.1, 0.15) is 0 Å². The van der Waals surface area contributed by atoms with Gasteiger partial charge in [0.1, 0.15) is 0 Å². The molecule has 0 saturated carbocycles. The molecule has 72 valence electrons. The predicted octanol–water partition coefficient (Wildman–Crippen LogP) is -0.880. The van der Waals surface area contributed by atoms with E-state index in [2.05, 4.69) is 14.7 Å². The molecule has 0 aromatic carbocycles. The van der Waals surface area contributed by atoms with E-state index in [0.29, 0.717) is 0 Å². The molecule has 0 aliphatic carbocycles. The molecule has 0 amide bonds. The summed E-state index contributed by atoms with van der Waals surface area (Å²) in [6.07, 6.45) is -0.759. The highest BCUT2D eigenvalue weighted by molar-refractivity contribution is 5.61. The molecule has 1 aromatic rings. The fourth-order valence-corrected chi connectivity index (χ4v) is 0.519. The van der Waals surface area contributed by atoms with Crippen molar-refractivity contribution in [1.82, 2.24) is 9.97 Å². The lowest BCUT2D eigenvalue weighted by Crippen LogP contribution is -2.03. The number of hydrogen-bond donors (Lipinski definition) is 3. The topological polar surface area (TPSA) is 144 Å². The number of carbonyl (C=O) groups is 1. The summed E-state index contributed by atoms with van der Waals surface area (Å²) in [6, 6.07) is -0.662. The van der Waals surface area contributed by atoms with Crippen molar-refractivity contribution in [3.8, 4) is 17.6 Å². The van der Waals surface area contributed by atoms with Crippen LogP contribution in [0.25, 0.3) is 0 Å². The van der Waals surface area contributed by atoms with Gasteiger partial charge in [0.15, 0.2) is 0 Å². The summed E-state index contributed by atoms with van der Waals surface area (Å²) in [6.45, 7) is 0. The Labute approximate surface area is 71.4 Å². The number of carboxylic acid groups (broad SMARTS) is 1. The van der Waals surface area contributed by atoms with Crippen LogP contribution in [-0.4, -0.2) is 36.9 Å². The van der Waals surface area contributed by atoms with Crippen LogP contribution in [0.4, 0.5) is 4.79 Å². The number of aromatic nitrogens is 2. The zero-order valence-corrected chi connectivity index (χ0v) is 6.13. The van der Waals surface area contributed by atoms with Crippen LogP contribution in [-0.2, 0) is 0 Å². The van der Waals surface area contributed by atoms with Gasteiger partial charge >= 0.3 is 12.2 Å². The summed E-state index contributed by atoms with van der Waals surface area (Å²) in [7, 11) is 0. The smallest absolute Gasteiger partial charge is 0.490 e. The molecule has 8 nitrogen and oxygen atoms in total. The first kappa shape index (κ1) is 10.9. The molecule has 5 N–H and O–H groups in total. The number of nitrogens with zero attached hydrogens (tertiary/aromatic N) is 2. The maximum absolute atomic E-state index is 9.95. The van der Waals surface area contributed by atoms with Crippen molar-refractivity contribution in [2.45, 2.75) is 0 Å². The van der Waals surface area contributed by atoms with Gasteiger partial charge in [-0.15, -0.1) is 0 Å². The molecule has 0 fully saturated rings. The number of hydrogen-bond acceptors (Lipinski definition) is 6. The third-order valence-corrected chi connectivity index (χ3v) is 0.921. The summed E-state index contributed by atoms with van der Waals surface area (Å²) >= 11 is 0. The number of aromatic hydroxyl groups is 2. The third kappa shape index (κ3) is 2.79. The lowest BCUT2D eigenvalue weighted by molar-refractivity contribution is 0.142. The molecule has 0 radical (unpaired) electrons. The van der Waals surface area contributed by atoms with Gasteiger partial charge in [0, 0.05) is 0 Å². The van der Waals surface area contributed by atoms with Crippen LogP contribution in [0, 0.1) is 0 Å². The Bertz CT molecular complexity index is 314. The van der Waals surface area contributed by atoms with Gasteiger partial charge in [0.05, 0.1) is 6.20 Å². The summed E-state index contributed by atoms with van der Waals surface area (Å²) in [4.78, 5) is 16.2. The van der Waals surface area contributed by atoms with Crippen LogP contribution in [0.15, 0.2) is 6.20 Å². The first-order chi connectivity index (χ1) is 5.59. The molecule has 1 rings (SSSR count). The average molecular weight is 190 g/mol. The van der Waals surface area contributed by atoms with Crippen molar-refractivity contribution in [3.05, 3.63) is 6.20 Å². The van der Waals surface area contributed by atoms with Crippen LogP contribution in [0.3, 0.4) is 0 Å². The second-order valence-electron chi connectivity index (χ2n) is 1.73. The van der Waals surface area contributed by atoms with Gasteiger partial charge in [-0.1, -0.05) is 0 Å². The lowest BCUT2D eigenvalue weighted by atomic mass is 10.6. The van der Waals surface area contributed by atoms with E-state index in [4.69, 9.17) is 15.3 Å². The highest BCUT2D eigenvalue weighted by Gasteiger charge is 2.09. The van der Waals surface area contributed by atoms with Crippen molar-refractivity contribution in [2.24, 2.45) is 0 Å². The van der Waals surface area contributed by atoms with E-state index in [0.717, 1.165) is 6.20 Å². The fraction of sp³-hybridized carbons (Fsp3) is 0. The van der Waals surface area contributed by atoms with E-state index in [1.54, 1.807) is 0 Å². The Morgan fingerprint density at radius 2 is 2.08 bits per heavy atom. The van der Waals surface area contributed by atoms with E-state index in [1.165, 1.54) is 0 Å². The minimum Gasteiger partial charge on any atom is -0.490 e. The quantitative estimate of drug-likeness (QED) is 0.487. The van der Waals surface area contributed by atoms with Gasteiger partial charge in [0.2, 0.25) is 5.75 Å². The van der Waals surface area contributed by atoms with Crippen LogP contribution in [0.2, 0.25) is 0 Å². The standard InChI is InChI=1S/C5H4N2O5.H2O/c8-3-2(12-5(10)11)1-6-4(9)7-3;/h1H,(H,10,11)(H2,6,7,8,9);1H2. The van der Waals surface area contributed by atoms with E-state index in [1.807, 2.05) is 0 Å². The van der Waals surface area contributed by atoms with Crippen molar-refractivity contribution >= 4 is 6.16 Å². The van der Waals surface area contributed by atoms with E-state index in [-0.39, 0.29) is 5.48 Å². The first-order valence-electron chi connectivity index (χ1n) is 2.75. The highest BCUT2D eigenvalue weighted by atomic mass is 16.7. The first-order valence-corrected chi connectivity index (χ1v) is 2.75. The summed E-state index contributed by atoms with van der Waals surface area (Å²) in [5, 5.41) is 25.5. The Hall–Kier alpha value is -2.09. The molecule has 1 heterocycles. The fourth-order valence-electron chi connectivity index (χ4n) is 0.519. The second-order valence-corrected chi connectivity index (χ2v) is 1.73. The summed E-state index contributed by atoms with van der Waals surface area (Å²) in [5.41, 5.74) is 0. The molecule has 0 unspecified atom stereocenters. The van der Waals surface area contributed by atoms with Crippen molar-refractivity contribution in [2.75, 3.05) is 0 Å². The molecule has 0 aliphatic heterocycles. The minimum atomic E-state index is -1.60. The minimum absolute atomic E-state index is 0. The molecule has 0 spiro atoms. The maximum atomic E-state index is 9.95.